The first-order valence-electron chi connectivity index (χ1n) is 7.47. The van der Waals surface area contributed by atoms with E-state index in [1.807, 2.05) is 30.3 Å². The van der Waals surface area contributed by atoms with Gasteiger partial charge in [-0.1, -0.05) is 24.3 Å². The Labute approximate surface area is 140 Å². The van der Waals surface area contributed by atoms with Crippen LogP contribution in [0.25, 0.3) is 0 Å². The minimum atomic E-state index is -0.542. The average Bonchev–Trinajstić information content (AvgIpc) is 2.64. The van der Waals surface area contributed by atoms with Crippen molar-refractivity contribution >= 4 is 17.6 Å². The normalized spacial score (nSPS) is 9.92. The SMILES string of the molecule is CNc1ccccc1C(=O)OCC(=O)NCc1ccc(OC)cc1. The summed E-state index contributed by atoms with van der Waals surface area (Å²) in [6, 6.07) is 14.3. The first kappa shape index (κ1) is 17.3. The van der Waals surface area contributed by atoms with E-state index in [0.717, 1.165) is 11.3 Å². The summed E-state index contributed by atoms with van der Waals surface area (Å²) in [6.45, 7) is 0.0283. The van der Waals surface area contributed by atoms with E-state index < -0.39 is 5.97 Å². The molecule has 24 heavy (non-hydrogen) atoms. The maximum atomic E-state index is 12.0. The van der Waals surface area contributed by atoms with Crippen LogP contribution in [-0.2, 0) is 16.1 Å². The second-order valence-corrected chi connectivity index (χ2v) is 5.00. The summed E-state index contributed by atoms with van der Waals surface area (Å²) in [4.78, 5) is 23.8. The molecule has 0 aromatic heterocycles. The fraction of sp³-hybridized carbons (Fsp3) is 0.222. The molecule has 0 radical (unpaired) electrons. The maximum absolute atomic E-state index is 12.0. The number of nitrogens with one attached hydrogen (secondary N) is 2. The van der Waals surface area contributed by atoms with E-state index in [0.29, 0.717) is 17.8 Å². The van der Waals surface area contributed by atoms with Gasteiger partial charge in [0.1, 0.15) is 5.75 Å². The Morgan fingerprint density at radius 2 is 1.75 bits per heavy atom. The Morgan fingerprint density at radius 1 is 1.04 bits per heavy atom. The van der Waals surface area contributed by atoms with Crippen molar-refractivity contribution < 1.29 is 19.1 Å². The Morgan fingerprint density at radius 3 is 2.42 bits per heavy atom. The number of para-hydroxylation sites is 1. The molecule has 2 aromatic rings. The van der Waals surface area contributed by atoms with Crippen molar-refractivity contribution in [2.24, 2.45) is 0 Å². The fourth-order valence-electron chi connectivity index (χ4n) is 2.08. The van der Waals surface area contributed by atoms with Crippen LogP contribution in [0.3, 0.4) is 0 Å². The lowest BCUT2D eigenvalue weighted by molar-refractivity contribution is -0.124. The molecule has 0 spiro atoms. The summed E-state index contributed by atoms with van der Waals surface area (Å²) in [6.07, 6.45) is 0. The topological polar surface area (TPSA) is 76.7 Å². The van der Waals surface area contributed by atoms with Crippen molar-refractivity contribution in [3.05, 3.63) is 59.7 Å². The van der Waals surface area contributed by atoms with E-state index in [1.165, 1.54) is 0 Å². The van der Waals surface area contributed by atoms with Gasteiger partial charge in [-0.3, -0.25) is 4.79 Å². The van der Waals surface area contributed by atoms with Gasteiger partial charge >= 0.3 is 5.97 Å². The van der Waals surface area contributed by atoms with Gasteiger partial charge in [0.05, 0.1) is 12.7 Å². The van der Waals surface area contributed by atoms with Gasteiger partial charge in [0.15, 0.2) is 6.61 Å². The molecule has 2 rings (SSSR count). The largest absolute Gasteiger partial charge is 0.497 e. The number of anilines is 1. The number of hydrogen-bond acceptors (Lipinski definition) is 5. The first-order chi connectivity index (χ1) is 11.6. The van der Waals surface area contributed by atoms with Crippen molar-refractivity contribution in [3.63, 3.8) is 0 Å². The number of esters is 1. The second kappa shape index (κ2) is 8.57. The Bertz CT molecular complexity index is 698. The molecule has 2 aromatic carbocycles. The predicted octanol–water partition coefficient (Wildman–Crippen LogP) is 2.21. The monoisotopic (exact) mass is 328 g/mol. The van der Waals surface area contributed by atoms with Crippen molar-refractivity contribution in [2.75, 3.05) is 26.1 Å². The zero-order valence-electron chi connectivity index (χ0n) is 13.7. The average molecular weight is 328 g/mol. The molecule has 126 valence electrons. The van der Waals surface area contributed by atoms with E-state index in [-0.39, 0.29) is 12.5 Å². The summed E-state index contributed by atoms with van der Waals surface area (Å²) in [5.41, 5.74) is 1.97. The second-order valence-electron chi connectivity index (χ2n) is 5.00. The smallest absolute Gasteiger partial charge is 0.340 e. The molecule has 1 amide bonds. The number of methoxy groups -OCH3 is 1. The highest BCUT2D eigenvalue weighted by Gasteiger charge is 2.13. The quantitative estimate of drug-likeness (QED) is 0.762. The highest BCUT2D eigenvalue weighted by atomic mass is 16.5. The van der Waals surface area contributed by atoms with Crippen molar-refractivity contribution in [1.82, 2.24) is 5.32 Å². The van der Waals surface area contributed by atoms with Crippen LogP contribution in [0.4, 0.5) is 5.69 Å². The minimum absolute atomic E-state index is 0.326. The lowest BCUT2D eigenvalue weighted by atomic mass is 10.2. The number of ether oxygens (including phenoxy) is 2. The lowest BCUT2D eigenvalue weighted by Gasteiger charge is -2.09. The van der Waals surface area contributed by atoms with Gasteiger partial charge in [-0.15, -0.1) is 0 Å². The third-order valence-electron chi connectivity index (χ3n) is 3.40. The van der Waals surface area contributed by atoms with Crippen LogP contribution in [0, 0.1) is 0 Å². The highest BCUT2D eigenvalue weighted by Crippen LogP contribution is 2.15. The summed E-state index contributed by atoms with van der Waals surface area (Å²) in [5, 5.41) is 5.61. The molecule has 2 N–H and O–H groups in total. The van der Waals surface area contributed by atoms with Crippen molar-refractivity contribution in [1.29, 1.82) is 0 Å². The Hall–Kier alpha value is -3.02. The molecule has 0 aliphatic carbocycles. The van der Waals surface area contributed by atoms with Crippen LogP contribution in [0.2, 0.25) is 0 Å². The third kappa shape index (κ3) is 4.74. The molecule has 0 bridgehead atoms. The fourth-order valence-corrected chi connectivity index (χ4v) is 2.08. The molecule has 6 nitrogen and oxygen atoms in total. The number of carbonyl (C=O) groups excluding carboxylic acids is 2. The van der Waals surface area contributed by atoms with Gasteiger partial charge in [-0.25, -0.2) is 4.79 Å². The molecular formula is C18H20N2O4. The zero-order chi connectivity index (χ0) is 17.4. The van der Waals surface area contributed by atoms with Gasteiger partial charge in [0.2, 0.25) is 0 Å². The molecular weight excluding hydrogens is 308 g/mol. The predicted molar refractivity (Wildman–Crippen MR) is 91.1 cm³/mol. The van der Waals surface area contributed by atoms with Crippen molar-refractivity contribution in [3.8, 4) is 5.75 Å². The highest BCUT2D eigenvalue weighted by molar-refractivity contribution is 5.96. The number of amides is 1. The van der Waals surface area contributed by atoms with E-state index in [9.17, 15) is 9.59 Å². The molecule has 0 fully saturated rings. The molecule has 0 saturated carbocycles. The third-order valence-corrected chi connectivity index (χ3v) is 3.40. The molecule has 6 heteroatoms. The van der Waals surface area contributed by atoms with E-state index in [1.54, 1.807) is 32.4 Å². The van der Waals surface area contributed by atoms with Crippen LogP contribution in [-0.4, -0.2) is 32.6 Å². The van der Waals surface area contributed by atoms with Crippen LogP contribution >= 0.6 is 0 Å². The van der Waals surface area contributed by atoms with Gasteiger partial charge in [0.25, 0.3) is 5.91 Å². The van der Waals surface area contributed by atoms with Gasteiger partial charge in [-0.2, -0.15) is 0 Å². The lowest BCUT2D eigenvalue weighted by Crippen LogP contribution is -2.28. The first-order valence-corrected chi connectivity index (χ1v) is 7.47. The minimum Gasteiger partial charge on any atom is -0.497 e. The van der Waals surface area contributed by atoms with E-state index in [2.05, 4.69) is 10.6 Å². The summed E-state index contributed by atoms with van der Waals surface area (Å²) in [5.74, 6) is -0.150. The van der Waals surface area contributed by atoms with E-state index >= 15 is 0 Å². The molecule has 0 unspecified atom stereocenters. The molecule has 0 aliphatic heterocycles. The maximum Gasteiger partial charge on any atom is 0.340 e. The van der Waals surface area contributed by atoms with Gasteiger partial charge < -0.3 is 20.1 Å². The van der Waals surface area contributed by atoms with Gasteiger partial charge in [-0.05, 0) is 29.8 Å². The van der Waals surface area contributed by atoms with Crippen molar-refractivity contribution in [2.45, 2.75) is 6.54 Å². The Balaban J connectivity index is 1.81. The zero-order valence-corrected chi connectivity index (χ0v) is 13.7. The number of benzene rings is 2. The van der Waals surface area contributed by atoms with Crippen LogP contribution < -0.4 is 15.4 Å². The van der Waals surface area contributed by atoms with E-state index in [4.69, 9.17) is 9.47 Å². The summed E-state index contributed by atoms with van der Waals surface area (Å²) in [7, 11) is 3.31. The summed E-state index contributed by atoms with van der Waals surface area (Å²) >= 11 is 0. The van der Waals surface area contributed by atoms with Gasteiger partial charge in [0, 0.05) is 19.3 Å². The Kier molecular flexibility index (Phi) is 6.19. The summed E-state index contributed by atoms with van der Waals surface area (Å²) < 4.78 is 10.1. The number of carbonyl (C=O) groups is 2. The molecule has 0 aliphatic rings. The number of rotatable bonds is 7. The molecule has 0 atom stereocenters. The standard InChI is InChI=1S/C18H20N2O4/c1-19-16-6-4-3-5-15(16)18(22)24-12-17(21)20-11-13-7-9-14(23-2)10-8-13/h3-10,19H,11-12H2,1-2H3,(H,20,21). The molecule has 0 heterocycles. The van der Waals surface area contributed by atoms with Crippen LogP contribution in [0.5, 0.6) is 5.75 Å². The number of hydrogen-bond donors (Lipinski definition) is 2. The van der Waals surface area contributed by atoms with Crippen LogP contribution in [0.15, 0.2) is 48.5 Å². The van der Waals surface area contributed by atoms with Crippen LogP contribution in [0.1, 0.15) is 15.9 Å². The molecule has 0 saturated heterocycles.